The molecule has 3 rings (SSSR count). The molecule has 25 heavy (non-hydrogen) atoms. The Morgan fingerprint density at radius 2 is 1.76 bits per heavy atom. The van der Waals surface area contributed by atoms with Crippen molar-refractivity contribution in [3.63, 3.8) is 0 Å². The predicted molar refractivity (Wildman–Crippen MR) is 98.6 cm³/mol. The predicted octanol–water partition coefficient (Wildman–Crippen LogP) is 3.31. The van der Waals surface area contributed by atoms with E-state index in [9.17, 15) is 9.18 Å². The van der Waals surface area contributed by atoms with Crippen molar-refractivity contribution in [2.24, 2.45) is 0 Å². The number of anilines is 1. The Morgan fingerprint density at radius 1 is 1.12 bits per heavy atom. The number of nitrogen functional groups attached to an aromatic ring is 1. The average molecular weight is 365 g/mol. The monoisotopic (exact) mass is 364 g/mol. The summed E-state index contributed by atoms with van der Waals surface area (Å²) in [5.41, 5.74) is 7.57. The Labute approximate surface area is 153 Å². The van der Waals surface area contributed by atoms with Gasteiger partial charge in [0.2, 0.25) is 0 Å². The molecule has 0 unspecified atom stereocenters. The minimum absolute atomic E-state index is 0. The van der Waals surface area contributed by atoms with Crippen molar-refractivity contribution >= 4 is 24.0 Å². The fourth-order valence-corrected chi connectivity index (χ4v) is 3.18. The Hall–Kier alpha value is -2.11. The first-order chi connectivity index (χ1) is 11.6. The van der Waals surface area contributed by atoms with E-state index in [2.05, 4.69) is 5.32 Å². The molecule has 0 aliphatic carbocycles. The molecule has 0 radical (unpaired) electrons. The summed E-state index contributed by atoms with van der Waals surface area (Å²) in [5, 5.41) is 3.00. The largest absolute Gasteiger partial charge is 0.398 e. The van der Waals surface area contributed by atoms with Crippen LogP contribution in [0, 0.1) is 5.82 Å². The summed E-state index contributed by atoms with van der Waals surface area (Å²) in [6.45, 7) is 1.72. The van der Waals surface area contributed by atoms with Crippen LogP contribution in [0.25, 0.3) is 0 Å². The molecular formula is C19H22ClFN2O2. The minimum Gasteiger partial charge on any atom is -0.398 e. The number of hydrogen-bond donors (Lipinski definition) is 2. The number of benzene rings is 2. The van der Waals surface area contributed by atoms with E-state index in [-0.39, 0.29) is 29.5 Å². The van der Waals surface area contributed by atoms with Crippen LogP contribution in [0.4, 0.5) is 10.1 Å². The molecule has 0 aromatic heterocycles. The van der Waals surface area contributed by atoms with Gasteiger partial charge in [0.1, 0.15) is 5.82 Å². The fraction of sp³-hybridized carbons (Fsp3) is 0.316. The molecule has 2 aromatic rings. The Kier molecular flexibility index (Phi) is 6.39. The van der Waals surface area contributed by atoms with Crippen molar-refractivity contribution in [2.75, 3.05) is 25.5 Å². The van der Waals surface area contributed by atoms with E-state index < -0.39 is 0 Å². The van der Waals surface area contributed by atoms with Crippen molar-refractivity contribution in [1.29, 1.82) is 0 Å². The minimum atomic E-state index is -0.262. The van der Waals surface area contributed by atoms with Gasteiger partial charge in [-0.25, -0.2) is 4.39 Å². The highest BCUT2D eigenvalue weighted by atomic mass is 35.5. The number of carbonyl (C=O) groups is 1. The highest BCUT2D eigenvalue weighted by Gasteiger charge is 2.35. The lowest BCUT2D eigenvalue weighted by atomic mass is 9.74. The van der Waals surface area contributed by atoms with E-state index in [4.69, 9.17) is 10.5 Å². The Morgan fingerprint density at radius 3 is 2.40 bits per heavy atom. The third kappa shape index (κ3) is 4.30. The van der Waals surface area contributed by atoms with E-state index in [0.717, 1.165) is 18.4 Å². The van der Waals surface area contributed by atoms with Crippen molar-refractivity contribution in [1.82, 2.24) is 5.32 Å². The molecule has 0 spiro atoms. The van der Waals surface area contributed by atoms with Crippen LogP contribution in [-0.2, 0) is 10.2 Å². The molecule has 134 valence electrons. The lowest BCUT2D eigenvalue weighted by molar-refractivity contribution is 0.0487. The number of amides is 1. The van der Waals surface area contributed by atoms with Crippen molar-refractivity contribution in [3.05, 3.63) is 65.5 Å². The first-order valence-electron chi connectivity index (χ1n) is 8.07. The second kappa shape index (κ2) is 8.32. The number of carbonyl (C=O) groups excluding carboxylic acids is 1. The van der Waals surface area contributed by atoms with Crippen LogP contribution in [0.3, 0.4) is 0 Å². The molecular weight excluding hydrogens is 343 g/mol. The molecule has 4 nitrogen and oxygen atoms in total. The molecule has 1 aliphatic heterocycles. The van der Waals surface area contributed by atoms with E-state index in [0.29, 0.717) is 31.0 Å². The van der Waals surface area contributed by atoms with Gasteiger partial charge in [0.25, 0.3) is 5.91 Å². The van der Waals surface area contributed by atoms with Gasteiger partial charge < -0.3 is 15.8 Å². The zero-order valence-corrected chi connectivity index (χ0v) is 14.7. The topological polar surface area (TPSA) is 64.4 Å². The van der Waals surface area contributed by atoms with Gasteiger partial charge in [-0.05, 0) is 42.7 Å². The maximum atomic E-state index is 13.3. The number of nitrogens with one attached hydrogen (secondary N) is 1. The zero-order chi connectivity index (χ0) is 17.0. The van der Waals surface area contributed by atoms with Gasteiger partial charge in [-0.2, -0.15) is 0 Å². The smallest absolute Gasteiger partial charge is 0.253 e. The van der Waals surface area contributed by atoms with Crippen molar-refractivity contribution in [3.8, 4) is 0 Å². The maximum Gasteiger partial charge on any atom is 0.253 e. The van der Waals surface area contributed by atoms with Crippen LogP contribution in [0.2, 0.25) is 0 Å². The van der Waals surface area contributed by atoms with Gasteiger partial charge in [-0.1, -0.05) is 24.3 Å². The van der Waals surface area contributed by atoms with Gasteiger partial charge in [-0.3, -0.25) is 4.79 Å². The Balaban J connectivity index is 0.00000225. The summed E-state index contributed by atoms with van der Waals surface area (Å²) in [4.78, 5) is 12.5. The highest BCUT2D eigenvalue weighted by molar-refractivity contribution is 5.99. The average Bonchev–Trinajstić information content (AvgIpc) is 2.61. The second-order valence-corrected chi connectivity index (χ2v) is 6.17. The maximum absolute atomic E-state index is 13.3. The SMILES string of the molecule is Cl.Nc1ccccc1C(=O)NCC1(c2ccc(F)cc2)CCOCC1. The summed E-state index contributed by atoms with van der Waals surface area (Å²) >= 11 is 0. The molecule has 1 aliphatic rings. The van der Waals surface area contributed by atoms with E-state index in [1.807, 2.05) is 0 Å². The van der Waals surface area contributed by atoms with E-state index in [1.165, 1.54) is 12.1 Å². The quantitative estimate of drug-likeness (QED) is 0.818. The third-order valence-corrected chi connectivity index (χ3v) is 4.70. The number of ether oxygens (including phenoxy) is 1. The standard InChI is InChI=1S/C19H21FN2O2.ClH/c20-15-7-5-14(6-8-15)19(9-11-24-12-10-19)13-22-18(23)16-3-1-2-4-17(16)21;/h1-8H,9-13,21H2,(H,22,23);1H. The second-order valence-electron chi connectivity index (χ2n) is 6.17. The molecule has 0 saturated carbocycles. The molecule has 1 saturated heterocycles. The summed E-state index contributed by atoms with van der Waals surface area (Å²) in [6, 6.07) is 13.5. The zero-order valence-electron chi connectivity index (χ0n) is 13.8. The molecule has 3 N–H and O–H groups in total. The Bertz CT molecular complexity index is 716. The van der Waals surface area contributed by atoms with Crippen LogP contribution in [0.15, 0.2) is 48.5 Å². The van der Waals surface area contributed by atoms with Gasteiger partial charge in [-0.15, -0.1) is 12.4 Å². The van der Waals surface area contributed by atoms with Crippen LogP contribution < -0.4 is 11.1 Å². The van der Waals surface area contributed by atoms with E-state index in [1.54, 1.807) is 36.4 Å². The number of hydrogen-bond acceptors (Lipinski definition) is 3. The third-order valence-electron chi connectivity index (χ3n) is 4.70. The highest BCUT2D eigenvalue weighted by Crippen LogP contribution is 2.34. The lowest BCUT2D eigenvalue weighted by Gasteiger charge is -2.38. The van der Waals surface area contributed by atoms with Gasteiger partial charge in [0, 0.05) is 30.9 Å². The summed E-state index contributed by atoms with van der Waals surface area (Å²) in [6.07, 6.45) is 1.56. The van der Waals surface area contributed by atoms with Gasteiger partial charge >= 0.3 is 0 Å². The fourth-order valence-electron chi connectivity index (χ4n) is 3.18. The summed E-state index contributed by atoms with van der Waals surface area (Å²) in [7, 11) is 0. The normalized spacial score (nSPS) is 15.9. The van der Waals surface area contributed by atoms with Gasteiger partial charge in [0.15, 0.2) is 0 Å². The molecule has 1 amide bonds. The van der Waals surface area contributed by atoms with Gasteiger partial charge in [0.05, 0.1) is 5.56 Å². The first-order valence-corrected chi connectivity index (χ1v) is 8.07. The van der Waals surface area contributed by atoms with E-state index >= 15 is 0 Å². The summed E-state index contributed by atoms with van der Waals surface area (Å²) in [5.74, 6) is -0.455. The first kappa shape index (κ1) is 19.2. The van der Waals surface area contributed by atoms with Crippen molar-refractivity contribution in [2.45, 2.75) is 18.3 Å². The number of halogens is 2. The van der Waals surface area contributed by atoms with Crippen LogP contribution in [0.1, 0.15) is 28.8 Å². The number of rotatable bonds is 4. The number of nitrogens with two attached hydrogens (primary N) is 1. The lowest BCUT2D eigenvalue weighted by Crippen LogP contribution is -2.44. The van der Waals surface area contributed by atoms with Crippen LogP contribution in [0.5, 0.6) is 0 Å². The molecule has 1 fully saturated rings. The molecule has 1 heterocycles. The molecule has 2 aromatic carbocycles. The molecule has 0 atom stereocenters. The molecule has 0 bridgehead atoms. The van der Waals surface area contributed by atoms with Crippen LogP contribution >= 0.6 is 12.4 Å². The molecule has 6 heteroatoms. The summed E-state index contributed by atoms with van der Waals surface area (Å²) < 4.78 is 18.7. The number of para-hydroxylation sites is 1. The van der Waals surface area contributed by atoms with Crippen molar-refractivity contribution < 1.29 is 13.9 Å². The van der Waals surface area contributed by atoms with Crippen LogP contribution in [-0.4, -0.2) is 25.7 Å².